The van der Waals surface area contributed by atoms with Crippen LogP contribution in [0.25, 0.3) is 0 Å². The minimum absolute atomic E-state index is 0.518. The van der Waals surface area contributed by atoms with Crippen molar-refractivity contribution < 1.29 is 42.6 Å². The Bertz CT molecular complexity index is 1660. The van der Waals surface area contributed by atoms with Crippen molar-refractivity contribution in [3.63, 3.8) is 0 Å². The van der Waals surface area contributed by atoms with Gasteiger partial charge in [0.25, 0.3) is 0 Å². The molecule has 9 nitrogen and oxygen atoms in total. The maximum atomic E-state index is 6.15. The van der Waals surface area contributed by atoms with Crippen molar-refractivity contribution in [2.75, 3.05) is 64.0 Å². The molecule has 49 heavy (non-hydrogen) atoms. The largest absolute Gasteiger partial charge is 0.493 e. The fourth-order valence-electron chi connectivity index (χ4n) is 8.07. The summed E-state index contributed by atoms with van der Waals surface area (Å²) in [5.41, 5.74) is 6.43. The Morgan fingerprint density at radius 1 is 0.429 bits per heavy atom. The Hall–Kier alpha value is -4.44. The first-order valence-electron chi connectivity index (χ1n) is 16.1. The monoisotopic (exact) mass is 692 g/mol. The van der Waals surface area contributed by atoms with E-state index in [4.69, 9.17) is 42.6 Å². The molecule has 0 heterocycles. The third-order valence-corrected chi connectivity index (χ3v) is 16.7. The van der Waals surface area contributed by atoms with Crippen LogP contribution in [0.5, 0.6) is 51.7 Å². The number of benzene rings is 3. The highest BCUT2D eigenvalue weighted by molar-refractivity contribution is 7.15. The van der Waals surface area contributed by atoms with Gasteiger partial charge in [0.05, 0.1) is 64.0 Å². The van der Waals surface area contributed by atoms with Crippen LogP contribution in [0.4, 0.5) is 0 Å². The zero-order chi connectivity index (χ0) is 36.6. The molecule has 4 rings (SSSR count). The lowest BCUT2D eigenvalue weighted by atomic mass is 10.0. The SMILES string of the molecule is COc1cc([Si](c2cc(OC)c(OC)c(OC)c2C)(c2cc(OC)c(OC)c(OC)c2C)C2(C)C=C(C)C(C)=C2C)c(C)c(OC)c1OC. The van der Waals surface area contributed by atoms with Gasteiger partial charge < -0.3 is 42.6 Å². The molecular formula is C39H52O9Si. The zero-order valence-electron chi connectivity index (χ0n) is 32.0. The van der Waals surface area contributed by atoms with E-state index in [2.05, 4.69) is 72.7 Å². The maximum absolute atomic E-state index is 6.15. The van der Waals surface area contributed by atoms with Crippen LogP contribution >= 0.6 is 0 Å². The molecule has 3 aromatic carbocycles. The molecule has 0 N–H and O–H groups in total. The molecule has 0 bridgehead atoms. The van der Waals surface area contributed by atoms with Gasteiger partial charge in [0, 0.05) is 5.04 Å². The summed E-state index contributed by atoms with van der Waals surface area (Å²) in [5, 5.41) is 2.54. The second-order valence-electron chi connectivity index (χ2n) is 12.5. The van der Waals surface area contributed by atoms with Crippen LogP contribution in [-0.4, -0.2) is 72.1 Å². The second kappa shape index (κ2) is 14.2. The lowest BCUT2D eigenvalue weighted by Crippen LogP contribution is -2.74. The van der Waals surface area contributed by atoms with E-state index in [1.165, 1.54) is 16.7 Å². The van der Waals surface area contributed by atoms with Crippen molar-refractivity contribution >= 4 is 23.6 Å². The second-order valence-corrected chi connectivity index (χ2v) is 16.6. The molecule has 0 saturated heterocycles. The Morgan fingerprint density at radius 2 is 0.714 bits per heavy atom. The standard InChI is InChI=1S/C39H52O9Si/c1-21-20-39(7,26(6)22(21)2)49(30-17-27(40-8)36(46-14)33(43-11)23(30)3,31-18-28(41-9)37(47-15)34(44-12)24(31)4)32-19-29(42-10)38(48-16)35(45-13)25(32)5/h17-20H,1-16H3. The summed E-state index contributed by atoms with van der Waals surface area (Å²) in [6.07, 6.45) is 2.41. The third-order valence-electron chi connectivity index (χ3n) is 10.7. The van der Waals surface area contributed by atoms with Crippen molar-refractivity contribution in [1.29, 1.82) is 0 Å². The predicted molar refractivity (Wildman–Crippen MR) is 198 cm³/mol. The van der Waals surface area contributed by atoms with Crippen LogP contribution in [0.1, 0.15) is 44.4 Å². The van der Waals surface area contributed by atoms with E-state index in [0.717, 1.165) is 32.3 Å². The van der Waals surface area contributed by atoms with Crippen LogP contribution in [0, 0.1) is 20.8 Å². The molecule has 1 aliphatic rings. The maximum Gasteiger partial charge on any atom is 0.203 e. The molecule has 3 aromatic rings. The van der Waals surface area contributed by atoms with Gasteiger partial charge in [-0.15, -0.1) is 0 Å². The zero-order valence-corrected chi connectivity index (χ0v) is 33.0. The minimum atomic E-state index is -3.57. The summed E-state index contributed by atoms with van der Waals surface area (Å²) in [5.74, 6) is 4.96. The first-order valence-corrected chi connectivity index (χ1v) is 18.1. The molecule has 0 spiro atoms. The van der Waals surface area contributed by atoms with E-state index in [0.29, 0.717) is 51.7 Å². The Labute approximate surface area is 292 Å². The van der Waals surface area contributed by atoms with Gasteiger partial charge in [0.15, 0.2) is 42.6 Å². The summed E-state index contributed by atoms with van der Waals surface area (Å²) < 4.78 is 54.4. The Morgan fingerprint density at radius 3 is 0.918 bits per heavy atom. The molecular weight excluding hydrogens is 641 g/mol. The molecule has 0 aromatic heterocycles. The molecule has 0 amide bonds. The van der Waals surface area contributed by atoms with Crippen LogP contribution in [-0.2, 0) is 0 Å². The quantitative estimate of drug-likeness (QED) is 0.153. The van der Waals surface area contributed by atoms with Crippen LogP contribution < -0.4 is 58.2 Å². The van der Waals surface area contributed by atoms with Crippen molar-refractivity contribution in [2.45, 2.75) is 53.5 Å². The summed E-state index contributed by atoms with van der Waals surface area (Å²) in [6, 6.07) is 6.34. The predicted octanol–water partition coefficient (Wildman–Crippen LogP) is 6.22. The van der Waals surface area contributed by atoms with E-state index < -0.39 is 13.1 Å². The molecule has 10 heteroatoms. The van der Waals surface area contributed by atoms with Gasteiger partial charge in [0.1, 0.15) is 0 Å². The van der Waals surface area contributed by atoms with Gasteiger partial charge in [-0.1, -0.05) is 24.1 Å². The highest BCUT2D eigenvalue weighted by Gasteiger charge is 2.59. The molecule has 1 atom stereocenters. The van der Waals surface area contributed by atoms with Crippen molar-refractivity contribution in [3.8, 4) is 51.7 Å². The highest BCUT2D eigenvalue weighted by Crippen LogP contribution is 2.56. The number of hydrogen-bond acceptors (Lipinski definition) is 9. The number of allylic oxidation sites excluding steroid dienone is 4. The third kappa shape index (κ3) is 5.26. The van der Waals surface area contributed by atoms with Gasteiger partial charge in [-0.2, -0.15) is 0 Å². The molecule has 0 saturated carbocycles. The average molecular weight is 693 g/mol. The minimum Gasteiger partial charge on any atom is -0.493 e. The van der Waals surface area contributed by atoms with E-state index in [-0.39, 0.29) is 0 Å². The van der Waals surface area contributed by atoms with E-state index in [1.807, 2.05) is 0 Å². The summed E-state index contributed by atoms with van der Waals surface area (Å²) in [7, 11) is 11.2. The first-order chi connectivity index (χ1) is 23.3. The van der Waals surface area contributed by atoms with Crippen LogP contribution in [0.2, 0.25) is 5.04 Å². The fourth-order valence-corrected chi connectivity index (χ4v) is 14.9. The van der Waals surface area contributed by atoms with Crippen molar-refractivity contribution in [1.82, 2.24) is 0 Å². The highest BCUT2D eigenvalue weighted by atomic mass is 28.3. The average Bonchev–Trinajstić information content (AvgIpc) is 3.31. The first kappa shape index (κ1) is 37.4. The van der Waals surface area contributed by atoms with E-state index in [1.54, 1.807) is 64.0 Å². The molecule has 0 aliphatic heterocycles. The molecule has 1 unspecified atom stereocenters. The molecule has 266 valence electrons. The lowest BCUT2D eigenvalue weighted by molar-refractivity contribution is 0.323. The van der Waals surface area contributed by atoms with Gasteiger partial charge >= 0.3 is 0 Å². The number of methoxy groups -OCH3 is 9. The van der Waals surface area contributed by atoms with Crippen molar-refractivity contribution in [2.24, 2.45) is 0 Å². The van der Waals surface area contributed by atoms with Gasteiger partial charge in [0.2, 0.25) is 17.2 Å². The van der Waals surface area contributed by atoms with E-state index in [9.17, 15) is 0 Å². The lowest BCUT2D eigenvalue weighted by Gasteiger charge is -2.49. The normalized spacial score (nSPS) is 15.9. The molecule has 0 radical (unpaired) electrons. The smallest absolute Gasteiger partial charge is 0.203 e. The summed E-state index contributed by atoms with van der Waals surface area (Å²) in [4.78, 5) is 0. The van der Waals surface area contributed by atoms with Gasteiger partial charge in [-0.05, 0) is 97.6 Å². The number of rotatable bonds is 13. The Kier molecular flexibility index (Phi) is 10.8. The van der Waals surface area contributed by atoms with Gasteiger partial charge in [-0.3, -0.25) is 0 Å². The topological polar surface area (TPSA) is 83.1 Å². The van der Waals surface area contributed by atoms with Crippen LogP contribution in [0.15, 0.2) is 41.0 Å². The number of hydrogen-bond donors (Lipinski definition) is 0. The van der Waals surface area contributed by atoms with Crippen molar-refractivity contribution in [3.05, 3.63) is 57.7 Å². The van der Waals surface area contributed by atoms with Crippen LogP contribution in [0.3, 0.4) is 0 Å². The van der Waals surface area contributed by atoms with E-state index >= 15 is 0 Å². The molecule has 1 aliphatic carbocycles. The fraction of sp³-hybridized carbons (Fsp3) is 0.436. The Balaban J connectivity index is 2.56. The molecule has 0 fully saturated rings. The number of ether oxygens (including phenoxy) is 9. The summed E-state index contributed by atoms with van der Waals surface area (Å²) >= 11 is 0. The van der Waals surface area contributed by atoms with Gasteiger partial charge in [-0.25, -0.2) is 0 Å². The summed E-state index contributed by atoms with van der Waals surface area (Å²) in [6.45, 7) is 15.2.